The number of hydrogen-bond donors (Lipinski definition) is 2. The maximum absolute atomic E-state index is 14.7. The summed E-state index contributed by atoms with van der Waals surface area (Å²) in [6, 6.07) is 14.2. The van der Waals surface area contributed by atoms with E-state index in [4.69, 9.17) is 4.74 Å². The zero-order chi connectivity index (χ0) is 22.3. The summed E-state index contributed by atoms with van der Waals surface area (Å²) in [4.78, 5) is 8.83. The first-order chi connectivity index (χ1) is 15.6. The van der Waals surface area contributed by atoms with Crippen molar-refractivity contribution in [3.63, 3.8) is 0 Å². The van der Waals surface area contributed by atoms with Gasteiger partial charge >= 0.3 is 0 Å². The van der Waals surface area contributed by atoms with Gasteiger partial charge in [0.15, 0.2) is 5.96 Å². The second-order valence-corrected chi connectivity index (χ2v) is 8.47. The molecule has 2 N–H and O–H groups in total. The van der Waals surface area contributed by atoms with Gasteiger partial charge in [0.2, 0.25) is 0 Å². The van der Waals surface area contributed by atoms with Crippen LogP contribution in [-0.4, -0.2) is 52.4 Å². The number of ether oxygens (including phenoxy) is 1. The lowest BCUT2D eigenvalue weighted by molar-refractivity contribution is 0.122. The summed E-state index contributed by atoms with van der Waals surface area (Å²) in [5.74, 6) is 0.503. The molecular formula is C25H34FN5O. The number of rotatable bonds is 6. The highest BCUT2D eigenvalue weighted by Crippen LogP contribution is 2.24. The molecule has 6 nitrogen and oxygen atoms in total. The lowest BCUT2D eigenvalue weighted by Gasteiger charge is -2.29. The largest absolute Gasteiger partial charge is 0.378 e. The summed E-state index contributed by atoms with van der Waals surface area (Å²) in [6.45, 7) is 7.63. The van der Waals surface area contributed by atoms with E-state index >= 15 is 0 Å². The molecule has 2 fully saturated rings. The van der Waals surface area contributed by atoms with Crippen LogP contribution in [-0.2, 0) is 11.3 Å². The van der Waals surface area contributed by atoms with Gasteiger partial charge in [0.05, 0.1) is 24.9 Å². The summed E-state index contributed by atoms with van der Waals surface area (Å²) >= 11 is 0. The normalized spacial score (nSPS) is 18.0. The smallest absolute Gasteiger partial charge is 0.191 e. The SMILES string of the molecule is CN=C(NCc1ccc(N2CCOCC2)c(F)c1)NC(C)c1cccc(N2CCCC2)c1. The maximum atomic E-state index is 14.7. The number of morpholine rings is 1. The number of nitrogens with one attached hydrogen (secondary N) is 2. The van der Waals surface area contributed by atoms with Crippen LogP contribution in [0.25, 0.3) is 0 Å². The zero-order valence-corrected chi connectivity index (χ0v) is 19.1. The van der Waals surface area contributed by atoms with E-state index in [1.165, 1.54) is 24.1 Å². The van der Waals surface area contributed by atoms with Crippen LogP contribution in [0.3, 0.4) is 0 Å². The highest BCUT2D eigenvalue weighted by Gasteiger charge is 2.16. The van der Waals surface area contributed by atoms with Crippen molar-refractivity contribution in [2.75, 3.05) is 56.2 Å². The standard InChI is InChI=1S/C25H34FN5O/c1-19(21-6-5-7-22(17-21)30-10-3-4-11-30)29-25(27-2)28-18-20-8-9-24(23(26)16-20)31-12-14-32-15-13-31/h5-9,16-17,19H,3-4,10-15,18H2,1-2H3,(H2,27,28,29). The molecule has 2 saturated heterocycles. The summed E-state index contributed by atoms with van der Waals surface area (Å²) in [5.41, 5.74) is 4.03. The van der Waals surface area contributed by atoms with Crippen molar-refractivity contribution in [2.24, 2.45) is 4.99 Å². The quantitative estimate of drug-likeness (QED) is 0.531. The van der Waals surface area contributed by atoms with Gasteiger partial charge in [-0.3, -0.25) is 4.99 Å². The Morgan fingerprint density at radius 2 is 1.84 bits per heavy atom. The highest BCUT2D eigenvalue weighted by molar-refractivity contribution is 5.80. The molecule has 0 aromatic heterocycles. The van der Waals surface area contributed by atoms with Gasteiger partial charge < -0.3 is 25.2 Å². The Kier molecular flexibility index (Phi) is 7.47. The first kappa shape index (κ1) is 22.4. The number of hydrogen-bond acceptors (Lipinski definition) is 4. The molecule has 1 atom stereocenters. The Morgan fingerprint density at radius 1 is 1.06 bits per heavy atom. The molecular weight excluding hydrogens is 405 g/mol. The van der Waals surface area contributed by atoms with Crippen LogP contribution in [0.2, 0.25) is 0 Å². The molecule has 0 saturated carbocycles. The number of nitrogens with zero attached hydrogens (tertiary/aromatic N) is 3. The van der Waals surface area contributed by atoms with Crippen LogP contribution in [0, 0.1) is 5.82 Å². The second-order valence-electron chi connectivity index (χ2n) is 8.47. The molecule has 0 radical (unpaired) electrons. The van der Waals surface area contributed by atoms with Crippen molar-refractivity contribution in [2.45, 2.75) is 32.4 Å². The first-order valence-electron chi connectivity index (χ1n) is 11.6. The first-order valence-corrected chi connectivity index (χ1v) is 11.6. The fourth-order valence-corrected chi connectivity index (χ4v) is 4.36. The molecule has 172 valence electrons. The Hall–Kier alpha value is -2.80. The van der Waals surface area contributed by atoms with E-state index in [2.05, 4.69) is 51.7 Å². The van der Waals surface area contributed by atoms with Crippen molar-refractivity contribution < 1.29 is 9.13 Å². The number of halogens is 1. The average Bonchev–Trinajstić information content (AvgIpc) is 3.37. The molecule has 4 rings (SSSR count). The van der Waals surface area contributed by atoms with Crippen molar-refractivity contribution in [3.05, 3.63) is 59.4 Å². The van der Waals surface area contributed by atoms with E-state index in [0.29, 0.717) is 31.4 Å². The Labute approximate surface area is 190 Å². The van der Waals surface area contributed by atoms with Crippen LogP contribution in [0.4, 0.5) is 15.8 Å². The average molecular weight is 440 g/mol. The van der Waals surface area contributed by atoms with Crippen LogP contribution in [0.1, 0.15) is 36.9 Å². The van der Waals surface area contributed by atoms with Crippen molar-refractivity contribution in [1.29, 1.82) is 0 Å². The molecule has 2 aromatic rings. The second kappa shape index (κ2) is 10.7. The summed E-state index contributed by atoms with van der Waals surface area (Å²) < 4.78 is 20.0. The number of aliphatic imine (C=N–C) groups is 1. The third kappa shape index (κ3) is 5.51. The van der Waals surface area contributed by atoms with Crippen LogP contribution in [0.15, 0.2) is 47.5 Å². The van der Waals surface area contributed by atoms with Gasteiger partial charge in [-0.25, -0.2) is 4.39 Å². The predicted octanol–water partition coefficient (Wildman–Crippen LogP) is 3.69. The lowest BCUT2D eigenvalue weighted by atomic mass is 10.1. The van der Waals surface area contributed by atoms with E-state index in [-0.39, 0.29) is 11.9 Å². The summed E-state index contributed by atoms with van der Waals surface area (Å²) in [5, 5.41) is 6.76. The molecule has 7 heteroatoms. The predicted molar refractivity (Wildman–Crippen MR) is 129 cm³/mol. The molecule has 2 aromatic carbocycles. The third-order valence-corrected chi connectivity index (χ3v) is 6.24. The van der Waals surface area contributed by atoms with Crippen molar-refractivity contribution >= 4 is 17.3 Å². The maximum Gasteiger partial charge on any atom is 0.191 e. The minimum absolute atomic E-state index is 0.101. The topological polar surface area (TPSA) is 52.1 Å². The van der Waals surface area contributed by atoms with Gasteiger partial charge in [0, 0.05) is 45.5 Å². The molecule has 0 spiro atoms. The fourth-order valence-electron chi connectivity index (χ4n) is 4.36. The van der Waals surface area contributed by atoms with Gasteiger partial charge in [0.1, 0.15) is 5.82 Å². The van der Waals surface area contributed by atoms with Crippen molar-refractivity contribution in [3.8, 4) is 0 Å². The van der Waals surface area contributed by atoms with E-state index in [1.54, 1.807) is 13.1 Å². The third-order valence-electron chi connectivity index (χ3n) is 6.24. The Balaban J connectivity index is 1.34. The zero-order valence-electron chi connectivity index (χ0n) is 19.1. The molecule has 0 amide bonds. The van der Waals surface area contributed by atoms with E-state index in [1.807, 2.05) is 17.0 Å². The molecule has 2 aliphatic rings. The van der Waals surface area contributed by atoms with Gasteiger partial charge in [-0.2, -0.15) is 0 Å². The fraction of sp³-hybridized carbons (Fsp3) is 0.480. The number of anilines is 2. The van der Waals surface area contributed by atoms with Gasteiger partial charge in [-0.05, 0) is 55.2 Å². The summed E-state index contributed by atoms with van der Waals surface area (Å²) in [6.07, 6.45) is 2.53. The summed E-state index contributed by atoms with van der Waals surface area (Å²) in [7, 11) is 1.75. The molecule has 0 bridgehead atoms. The van der Waals surface area contributed by atoms with Gasteiger partial charge in [-0.1, -0.05) is 18.2 Å². The number of benzene rings is 2. The van der Waals surface area contributed by atoms with E-state index in [9.17, 15) is 4.39 Å². The van der Waals surface area contributed by atoms with Gasteiger partial charge in [0.25, 0.3) is 0 Å². The molecule has 32 heavy (non-hydrogen) atoms. The van der Waals surface area contributed by atoms with Crippen LogP contribution in [0.5, 0.6) is 0 Å². The molecule has 2 aliphatic heterocycles. The minimum atomic E-state index is -0.193. The van der Waals surface area contributed by atoms with Crippen molar-refractivity contribution in [1.82, 2.24) is 10.6 Å². The van der Waals surface area contributed by atoms with E-state index in [0.717, 1.165) is 31.7 Å². The highest BCUT2D eigenvalue weighted by atomic mass is 19.1. The van der Waals surface area contributed by atoms with E-state index < -0.39 is 0 Å². The Morgan fingerprint density at radius 3 is 2.56 bits per heavy atom. The molecule has 0 aliphatic carbocycles. The monoisotopic (exact) mass is 439 g/mol. The molecule has 1 unspecified atom stereocenters. The lowest BCUT2D eigenvalue weighted by Crippen LogP contribution is -2.38. The Bertz CT molecular complexity index is 922. The van der Waals surface area contributed by atoms with Gasteiger partial charge in [-0.15, -0.1) is 0 Å². The van der Waals surface area contributed by atoms with Crippen LogP contribution >= 0.6 is 0 Å². The van der Waals surface area contributed by atoms with Crippen LogP contribution < -0.4 is 20.4 Å². The minimum Gasteiger partial charge on any atom is -0.378 e. The molecule has 2 heterocycles. The number of guanidine groups is 1.